The molecule has 2 N–H and O–H groups in total. The second kappa shape index (κ2) is 4.53. The molecule has 0 atom stereocenters. The molecule has 4 nitrogen and oxygen atoms in total. The molecule has 0 aliphatic heterocycles. The van der Waals surface area contributed by atoms with Gasteiger partial charge in [-0.25, -0.2) is 0 Å². The van der Waals surface area contributed by atoms with Crippen LogP contribution in [0.25, 0.3) is 10.9 Å². The Kier molecular flexibility index (Phi) is 2.85. The van der Waals surface area contributed by atoms with Gasteiger partial charge in [0.05, 0.1) is 5.52 Å². The molecular weight excluding hydrogens is 240 g/mol. The van der Waals surface area contributed by atoms with Gasteiger partial charge in [-0.15, -0.1) is 0 Å². The zero-order valence-corrected chi connectivity index (χ0v) is 10.6. The number of pyridine rings is 1. The summed E-state index contributed by atoms with van der Waals surface area (Å²) in [5.41, 5.74) is 5.60. The zero-order chi connectivity index (χ0) is 13.3. The second-order valence-corrected chi connectivity index (χ2v) is 5.03. The van der Waals surface area contributed by atoms with Crippen molar-refractivity contribution in [3.63, 3.8) is 0 Å². The van der Waals surface area contributed by atoms with Gasteiger partial charge in [0, 0.05) is 11.6 Å². The molecule has 0 radical (unpaired) electrons. The van der Waals surface area contributed by atoms with Gasteiger partial charge in [-0.1, -0.05) is 6.07 Å². The zero-order valence-electron chi connectivity index (χ0n) is 10.6. The fourth-order valence-corrected chi connectivity index (χ4v) is 2.69. The quantitative estimate of drug-likeness (QED) is 0.917. The molecule has 1 amide bonds. The number of benzene rings is 1. The number of nitrogens with zero attached hydrogens (tertiary/aromatic N) is 1. The van der Waals surface area contributed by atoms with Crippen LogP contribution in [0.15, 0.2) is 36.5 Å². The first-order chi connectivity index (χ1) is 9.20. The van der Waals surface area contributed by atoms with E-state index in [2.05, 4.69) is 4.98 Å². The highest BCUT2D eigenvalue weighted by Gasteiger charge is 2.42. The molecule has 1 aromatic heterocycles. The minimum absolute atomic E-state index is 0.365. The van der Waals surface area contributed by atoms with Gasteiger partial charge in [-0.3, -0.25) is 9.78 Å². The predicted molar refractivity (Wildman–Crippen MR) is 72.8 cm³/mol. The molecule has 1 saturated carbocycles. The van der Waals surface area contributed by atoms with Gasteiger partial charge in [-0.2, -0.15) is 0 Å². The number of primary amides is 1. The average Bonchev–Trinajstić information content (AvgIpc) is 2.88. The average molecular weight is 256 g/mol. The van der Waals surface area contributed by atoms with Crippen LogP contribution in [-0.4, -0.2) is 16.5 Å². The Morgan fingerprint density at radius 1 is 1.26 bits per heavy atom. The molecule has 3 rings (SSSR count). The summed E-state index contributed by atoms with van der Waals surface area (Å²) in [6, 6.07) is 9.50. The summed E-state index contributed by atoms with van der Waals surface area (Å²) >= 11 is 0. The largest absolute Gasteiger partial charge is 0.477 e. The van der Waals surface area contributed by atoms with Gasteiger partial charge in [-0.05, 0) is 49.9 Å². The van der Waals surface area contributed by atoms with Crippen molar-refractivity contribution in [2.75, 3.05) is 0 Å². The number of nitrogens with two attached hydrogens (primary N) is 1. The molecular formula is C15H16N2O2. The van der Waals surface area contributed by atoms with E-state index in [0.29, 0.717) is 18.6 Å². The van der Waals surface area contributed by atoms with Crippen LogP contribution < -0.4 is 10.5 Å². The lowest BCUT2D eigenvalue weighted by Gasteiger charge is -2.26. The molecule has 0 unspecified atom stereocenters. The van der Waals surface area contributed by atoms with Gasteiger partial charge in [0.1, 0.15) is 5.75 Å². The molecule has 2 aromatic rings. The standard InChI is InChI=1S/C15H16N2O2/c16-14(18)15(7-1-2-8-15)19-12-5-6-13-11(10-12)4-3-9-17-13/h3-6,9-10H,1-2,7-8H2,(H2,16,18). The number of ether oxygens (including phenoxy) is 1. The first kappa shape index (κ1) is 12.0. The van der Waals surface area contributed by atoms with E-state index < -0.39 is 5.60 Å². The Labute approximate surface area is 111 Å². The van der Waals surface area contributed by atoms with E-state index in [0.717, 1.165) is 23.7 Å². The number of carbonyl (C=O) groups is 1. The minimum atomic E-state index is -0.824. The van der Waals surface area contributed by atoms with Crippen LogP contribution >= 0.6 is 0 Å². The number of rotatable bonds is 3. The van der Waals surface area contributed by atoms with Crippen molar-refractivity contribution in [2.45, 2.75) is 31.3 Å². The maximum Gasteiger partial charge on any atom is 0.261 e. The Morgan fingerprint density at radius 3 is 2.79 bits per heavy atom. The number of hydrogen-bond donors (Lipinski definition) is 1. The van der Waals surface area contributed by atoms with Crippen LogP contribution in [0.3, 0.4) is 0 Å². The molecule has 1 aliphatic carbocycles. The number of carbonyl (C=O) groups excluding carboxylic acids is 1. The molecule has 1 heterocycles. The number of fused-ring (bicyclic) bond motifs is 1. The SMILES string of the molecule is NC(=O)C1(Oc2ccc3ncccc3c2)CCCC1. The molecule has 0 bridgehead atoms. The lowest BCUT2D eigenvalue weighted by atomic mass is 10.0. The third-order valence-corrected chi connectivity index (χ3v) is 3.75. The molecule has 0 spiro atoms. The maximum absolute atomic E-state index is 11.7. The van der Waals surface area contributed by atoms with E-state index in [4.69, 9.17) is 10.5 Å². The van der Waals surface area contributed by atoms with E-state index in [1.165, 1.54) is 0 Å². The van der Waals surface area contributed by atoms with E-state index in [-0.39, 0.29) is 5.91 Å². The van der Waals surface area contributed by atoms with Crippen molar-refractivity contribution in [1.29, 1.82) is 0 Å². The third-order valence-electron chi connectivity index (χ3n) is 3.75. The molecule has 0 saturated heterocycles. The highest BCUT2D eigenvalue weighted by atomic mass is 16.5. The van der Waals surface area contributed by atoms with E-state index in [9.17, 15) is 4.79 Å². The lowest BCUT2D eigenvalue weighted by Crippen LogP contribution is -2.46. The van der Waals surface area contributed by atoms with Crippen LogP contribution in [0.5, 0.6) is 5.75 Å². The number of amides is 1. The molecule has 1 fully saturated rings. The molecule has 19 heavy (non-hydrogen) atoms. The van der Waals surface area contributed by atoms with Crippen LogP contribution in [-0.2, 0) is 4.79 Å². The van der Waals surface area contributed by atoms with Gasteiger partial charge in [0.25, 0.3) is 5.91 Å². The Balaban J connectivity index is 1.94. The van der Waals surface area contributed by atoms with Crippen LogP contribution in [0.1, 0.15) is 25.7 Å². The smallest absolute Gasteiger partial charge is 0.261 e. The number of aromatic nitrogens is 1. The lowest BCUT2D eigenvalue weighted by molar-refractivity contribution is -0.132. The van der Waals surface area contributed by atoms with Crippen molar-refractivity contribution >= 4 is 16.8 Å². The topological polar surface area (TPSA) is 65.2 Å². The summed E-state index contributed by atoms with van der Waals surface area (Å²) in [4.78, 5) is 15.9. The van der Waals surface area contributed by atoms with Crippen molar-refractivity contribution in [2.24, 2.45) is 5.73 Å². The summed E-state index contributed by atoms with van der Waals surface area (Å²) in [7, 11) is 0. The first-order valence-corrected chi connectivity index (χ1v) is 6.53. The first-order valence-electron chi connectivity index (χ1n) is 6.53. The van der Waals surface area contributed by atoms with Crippen molar-refractivity contribution < 1.29 is 9.53 Å². The summed E-state index contributed by atoms with van der Waals surface area (Å²) in [6.45, 7) is 0. The minimum Gasteiger partial charge on any atom is -0.477 e. The normalized spacial score (nSPS) is 17.5. The molecule has 98 valence electrons. The van der Waals surface area contributed by atoms with Gasteiger partial charge in [0.2, 0.25) is 0 Å². The van der Waals surface area contributed by atoms with Crippen LogP contribution in [0.4, 0.5) is 0 Å². The molecule has 4 heteroatoms. The third kappa shape index (κ3) is 2.14. The summed E-state index contributed by atoms with van der Waals surface area (Å²) in [5, 5.41) is 0.998. The highest BCUT2D eigenvalue weighted by molar-refractivity contribution is 5.85. The van der Waals surface area contributed by atoms with Crippen molar-refractivity contribution in [1.82, 2.24) is 4.98 Å². The second-order valence-electron chi connectivity index (χ2n) is 5.03. The fourth-order valence-electron chi connectivity index (χ4n) is 2.69. The summed E-state index contributed by atoms with van der Waals surface area (Å²) in [6.07, 6.45) is 5.13. The van der Waals surface area contributed by atoms with Gasteiger partial charge < -0.3 is 10.5 Å². The summed E-state index contributed by atoms with van der Waals surface area (Å²) < 4.78 is 5.93. The van der Waals surface area contributed by atoms with E-state index in [1.54, 1.807) is 6.20 Å². The Bertz CT molecular complexity index is 618. The van der Waals surface area contributed by atoms with Crippen molar-refractivity contribution in [3.8, 4) is 5.75 Å². The monoisotopic (exact) mass is 256 g/mol. The predicted octanol–water partition coefficient (Wildman–Crippen LogP) is 2.41. The maximum atomic E-state index is 11.7. The van der Waals surface area contributed by atoms with E-state index in [1.807, 2.05) is 30.3 Å². The number of hydrogen-bond acceptors (Lipinski definition) is 3. The highest BCUT2D eigenvalue weighted by Crippen LogP contribution is 2.35. The van der Waals surface area contributed by atoms with Gasteiger partial charge >= 0.3 is 0 Å². The van der Waals surface area contributed by atoms with Crippen LogP contribution in [0, 0.1) is 0 Å². The Morgan fingerprint density at radius 2 is 2.05 bits per heavy atom. The van der Waals surface area contributed by atoms with Gasteiger partial charge in [0.15, 0.2) is 5.60 Å². The van der Waals surface area contributed by atoms with Crippen molar-refractivity contribution in [3.05, 3.63) is 36.5 Å². The Hall–Kier alpha value is -2.10. The summed E-state index contributed by atoms with van der Waals surface area (Å²) in [5.74, 6) is 0.317. The fraction of sp³-hybridized carbons (Fsp3) is 0.333. The van der Waals surface area contributed by atoms with E-state index >= 15 is 0 Å². The molecule has 1 aromatic carbocycles. The molecule has 1 aliphatic rings. The van der Waals surface area contributed by atoms with Crippen LogP contribution in [0.2, 0.25) is 0 Å².